The van der Waals surface area contributed by atoms with Crippen molar-refractivity contribution in [3.05, 3.63) is 21.9 Å². The lowest BCUT2D eigenvalue weighted by atomic mass is 9.79. The van der Waals surface area contributed by atoms with Crippen LogP contribution in [-0.2, 0) is 6.54 Å². The minimum absolute atomic E-state index is 0.0584. The number of aliphatic hydroxyl groups is 1. The molecular weight excluding hydrogens is 316 g/mol. The third-order valence-corrected chi connectivity index (χ3v) is 6.74. The minimum atomic E-state index is -0.0584. The van der Waals surface area contributed by atoms with Crippen molar-refractivity contribution in [3.8, 4) is 11.8 Å². The average molecular weight is 345 g/mol. The van der Waals surface area contributed by atoms with Crippen molar-refractivity contribution in [1.29, 1.82) is 0 Å². The van der Waals surface area contributed by atoms with Crippen LogP contribution in [0, 0.1) is 23.2 Å². The Morgan fingerprint density at radius 1 is 1.21 bits per heavy atom. The Morgan fingerprint density at radius 2 is 2.08 bits per heavy atom. The number of rotatable bonds is 4. The highest BCUT2D eigenvalue weighted by atomic mass is 32.1. The molecule has 1 aromatic heterocycles. The van der Waals surface area contributed by atoms with Gasteiger partial charge in [0.25, 0.3) is 0 Å². The van der Waals surface area contributed by atoms with Crippen LogP contribution in [0.2, 0.25) is 0 Å². The highest BCUT2D eigenvalue weighted by Crippen LogP contribution is 2.41. The Bertz CT molecular complexity index is 627. The Hall–Kier alpha value is -0.860. The molecule has 0 aromatic carbocycles. The van der Waals surface area contributed by atoms with E-state index in [-0.39, 0.29) is 6.61 Å². The van der Waals surface area contributed by atoms with Crippen LogP contribution in [0.4, 0.5) is 0 Å². The maximum absolute atomic E-state index is 8.80. The minimum Gasteiger partial charge on any atom is -0.384 e. The van der Waals surface area contributed by atoms with Gasteiger partial charge in [0, 0.05) is 42.0 Å². The van der Waals surface area contributed by atoms with Crippen molar-refractivity contribution < 1.29 is 5.11 Å². The third-order valence-electron chi connectivity index (χ3n) is 5.82. The van der Waals surface area contributed by atoms with Gasteiger partial charge in [-0.15, -0.1) is 11.3 Å². The standard InChI is InChI=1S/C20H28N2OS/c23-10-1-3-18-11-19(24-14-18)13-22-9-7-20(16-22)6-2-8-21(15-20)12-17-4-5-17/h11,14,17,23H,2,4-10,12-13,15-16H2. The predicted octanol–water partition coefficient (Wildman–Crippen LogP) is 2.79. The van der Waals surface area contributed by atoms with Gasteiger partial charge in [-0.2, -0.15) is 0 Å². The van der Waals surface area contributed by atoms with Crippen LogP contribution in [-0.4, -0.2) is 54.2 Å². The van der Waals surface area contributed by atoms with E-state index >= 15 is 0 Å². The molecule has 3 fully saturated rings. The summed E-state index contributed by atoms with van der Waals surface area (Å²) in [7, 11) is 0. The van der Waals surface area contributed by atoms with Crippen molar-refractivity contribution in [2.24, 2.45) is 11.3 Å². The fraction of sp³-hybridized carbons (Fsp3) is 0.700. The second-order valence-electron chi connectivity index (χ2n) is 8.00. The summed E-state index contributed by atoms with van der Waals surface area (Å²) in [6.45, 7) is 7.54. The molecule has 1 saturated carbocycles. The molecule has 4 rings (SSSR count). The lowest BCUT2D eigenvalue weighted by Gasteiger charge is -2.40. The number of piperidine rings is 1. The van der Waals surface area contributed by atoms with E-state index in [1.807, 2.05) is 0 Å². The summed E-state index contributed by atoms with van der Waals surface area (Å²) >= 11 is 1.80. The molecular formula is C20H28N2OS. The van der Waals surface area contributed by atoms with Crippen molar-refractivity contribution in [2.45, 2.75) is 38.6 Å². The Labute approximate surface area is 149 Å². The smallest absolute Gasteiger partial charge is 0.104 e. The molecule has 3 heterocycles. The topological polar surface area (TPSA) is 26.7 Å². The van der Waals surface area contributed by atoms with Gasteiger partial charge in [-0.25, -0.2) is 0 Å². The molecule has 1 atom stereocenters. The van der Waals surface area contributed by atoms with Gasteiger partial charge in [-0.3, -0.25) is 4.90 Å². The first-order chi connectivity index (χ1) is 11.7. The van der Waals surface area contributed by atoms with E-state index in [9.17, 15) is 0 Å². The molecule has 1 N–H and O–H groups in total. The van der Waals surface area contributed by atoms with E-state index in [0.29, 0.717) is 5.41 Å². The number of hydrogen-bond donors (Lipinski definition) is 1. The summed E-state index contributed by atoms with van der Waals surface area (Å²) in [5, 5.41) is 10.9. The summed E-state index contributed by atoms with van der Waals surface area (Å²) in [6, 6.07) is 2.19. The van der Waals surface area contributed by atoms with Crippen molar-refractivity contribution in [2.75, 3.05) is 39.3 Å². The number of thiophene rings is 1. The van der Waals surface area contributed by atoms with Crippen LogP contribution in [0.1, 0.15) is 42.5 Å². The van der Waals surface area contributed by atoms with Crippen molar-refractivity contribution in [3.63, 3.8) is 0 Å². The monoisotopic (exact) mass is 344 g/mol. The van der Waals surface area contributed by atoms with Gasteiger partial charge >= 0.3 is 0 Å². The van der Waals surface area contributed by atoms with Crippen molar-refractivity contribution in [1.82, 2.24) is 9.80 Å². The molecule has 0 amide bonds. The Kier molecular flexibility index (Phi) is 4.96. The van der Waals surface area contributed by atoms with Crippen LogP contribution >= 0.6 is 11.3 Å². The molecule has 1 aromatic rings. The van der Waals surface area contributed by atoms with Crippen molar-refractivity contribution >= 4 is 11.3 Å². The largest absolute Gasteiger partial charge is 0.384 e. The fourth-order valence-electron chi connectivity index (χ4n) is 4.52. The Morgan fingerprint density at radius 3 is 2.92 bits per heavy atom. The average Bonchev–Trinajstić information content (AvgIpc) is 3.14. The molecule has 0 radical (unpaired) electrons. The number of hydrogen-bond acceptors (Lipinski definition) is 4. The van der Waals surface area contributed by atoms with Crippen LogP contribution in [0.5, 0.6) is 0 Å². The SMILES string of the molecule is OCC#Cc1csc(CN2CCC3(CCCN(CC4CC4)C3)C2)c1. The summed E-state index contributed by atoms with van der Waals surface area (Å²) in [4.78, 5) is 6.81. The molecule has 2 saturated heterocycles. The molecule has 3 aliphatic rings. The van der Waals surface area contributed by atoms with E-state index in [0.717, 1.165) is 18.0 Å². The van der Waals surface area contributed by atoms with Gasteiger partial charge in [-0.1, -0.05) is 11.8 Å². The molecule has 1 unspecified atom stereocenters. The number of nitrogens with zero attached hydrogens (tertiary/aromatic N) is 2. The molecule has 0 bridgehead atoms. The molecule has 1 spiro atoms. The van der Waals surface area contributed by atoms with Crippen LogP contribution in [0.3, 0.4) is 0 Å². The van der Waals surface area contributed by atoms with Gasteiger partial charge < -0.3 is 10.0 Å². The summed E-state index contributed by atoms with van der Waals surface area (Å²) in [5.74, 6) is 6.76. The second-order valence-corrected chi connectivity index (χ2v) is 9.00. The van der Waals surface area contributed by atoms with Crippen LogP contribution < -0.4 is 0 Å². The van der Waals surface area contributed by atoms with Crippen LogP contribution in [0.25, 0.3) is 0 Å². The fourth-order valence-corrected chi connectivity index (χ4v) is 5.38. The molecule has 4 heteroatoms. The van der Waals surface area contributed by atoms with Gasteiger partial charge in [0.15, 0.2) is 0 Å². The lowest BCUT2D eigenvalue weighted by Crippen LogP contribution is -2.45. The zero-order valence-corrected chi connectivity index (χ0v) is 15.3. The zero-order valence-electron chi connectivity index (χ0n) is 14.5. The first kappa shape index (κ1) is 16.6. The quantitative estimate of drug-likeness (QED) is 0.851. The second kappa shape index (κ2) is 7.17. The van der Waals surface area contributed by atoms with E-state index < -0.39 is 0 Å². The summed E-state index contributed by atoms with van der Waals surface area (Å²) < 4.78 is 0. The van der Waals surface area contributed by atoms with Gasteiger partial charge in [0.1, 0.15) is 6.61 Å². The predicted molar refractivity (Wildman–Crippen MR) is 99.0 cm³/mol. The summed E-state index contributed by atoms with van der Waals surface area (Å²) in [5.41, 5.74) is 1.61. The van der Waals surface area contributed by atoms with E-state index in [4.69, 9.17) is 5.11 Å². The maximum atomic E-state index is 8.80. The molecule has 24 heavy (non-hydrogen) atoms. The molecule has 130 valence electrons. The normalized spacial score (nSPS) is 28.2. The molecule has 1 aliphatic carbocycles. The summed E-state index contributed by atoms with van der Waals surface area (Å²) in [6.07, 6.45) is 7.12. The lowest BCUT2D eigenvalue weighted by molar-refractivity contribution is 0.0885. The van der Waals surface area contributed by atoms with Crippen LogP contribution in [0.15, 0.2) is 11.4 Å². The highest BCUT2D eigenvalue weighted by Gasteiger charge is 2.42. The number of aliphatic hydroxyl groups excluding tert-OH is 1. The first-order valence-corrected chi connectivity index (χ1v) is 10.2. The third kappa shape index (κ3) is 4.03. The van der Waals surface area contributed by atoms with Gasteiger partial charge in [0.2, 0.25) is 0 Å². The Balaban J connectivity index is 1.32. The molecule has 2 aliphatic heterocycles. The van der Waals surface area contributed by atoms with E-state index in [1.165, 1.54) is 69.7 Å². The maximum Gasteiger partial charge on any atom is 0.104 e. The van der Waals surface area contributed by atoms with E-state index in [1.54, 1.807) is 11.3 Å². The highest BCUT2D eigenvalue weighted by molar-refractivity contribution is 7.10. The molecule has 3 nitrogen and oxygen atoms in total. The van der Waals surface area contributed by atoms with E-state index in [2.05, 4.69) is 33.1 Å². The van der Waals surface area contributed by atoms with Gasteiger partial charge in [-0.05, 0) is 62.6 Å². The first-order valence-electron chi connectivity index (χ1n) is 9.37. The van der Waals surface area contributed by atoms with Gasteiger partial charge in [0.05, 0.1) is 0 Å². The zero-order chi connectivity index (χ0) is 16.4. The number of likely N-dealkylation sites (tertiary alicyclic amines) is 2.